The Morgan fingerprint density at radius 1 is 1.04 bits per heavy atom. The molecule has 0 bridgehead atoms. The predicted molar refractivity (Wildman–Crippen MR) is 94.7 cm³/mol. The van der Waals surface area contributed by atoms with Crippen LogP contribution < -0.4 is 5.32 Å². The monoisotopic (exact) mass is 327 g/mol. The van der Waals surface area contributed by atoms with Gasteiger partial charge in [-0.1, -0.05) is 48.0 Å². The summed E-state index contributed by atoms with van der Waals surface area (Å²) < 4.78 is 0. The maximum atomic E-state index is 12.1. The molecule has 1 N–H and O–H groups in total. The van der Waals surface area contributed by atoms with Gasteiger partial charge in [-0.2, -0.15) is 0 Å². The van der Waals surface area contributed by atoms with Gasteiger partial charge in [-0.05, 0) is 38.0 Å². The van der Waals surface area contributed by atoms with E-state index in [9.17, 15) is 9.59 Å². The number of Topliss-reactive ketones (excluding diaryl/α,β-unsaturated/α-hetero) is 1. The highest BCUT2D eigenvalue weighted by Crippen LogP contribution is 2.18. The van der Waals surface area contributed by atoms with E-state index in [2.05, 4.69) is 5.32 Å². The van der Waals surface area contributed by atoms with E-state index in [1.54, 1.807) is 0 Å². The molecule has 0 aromatic heterocycles. The van der Waals surface area contributed by atoms with E-state index in [-0.39, 0.29) is 11.7 Å². The molecule has 0 unspecified atom stereocenters. The minimum Gasteiger partial charge on any atom is -0.345 e. The molecule has 0 saturated carbocycles. The SMILES string of the molecule is CC(=O)[C@@H](Cc1ccccc1)NC(=O)CSc1ccc(C)cc1. The van der Waals surface area contributed by atoms with Crippen molar-refractivity contribution in [2.24, 2.45) is 0 Å². The summed E-state index contributed by atoms with van der Waals surface area (Å²) in [5, 5.41) is 2.84. The van der Waals surface area contributed by atoms with Gasteiger partial charge in [-0.15, -0.1) is 11.8 Å². The van der Waals surface area contributed by atoms with Crippen molar-refractivity contribution < 1.29 is 9.59 Å². The summed E-state index contributed by atoms with van der Waals surface area (Å²) in [6.07, 6.45) is 0.525. The van der Waals surface area contributed by atoms with Crippen LogP contribution in [-0.4, -0.2) is 23.5 Å². The molecule has 4 heteroatoms. The quantitative estimate of drug-likeness (QED) is 0.793. The highest BCUT2D eigenvalue weighted by Gasteiger charge is 2.17. The number of benzene rings is 2. The first-order valence-electron chi connectivity index (χ1n) is 7.58. The standard InChI is InChI=1S/C19H21NO2S/c1-14-8-10-17(11-9-14)23-13-19(22)20-18(15(2)21)12-16-6-4-3-5-7-16/h3-11,18H,12-13H2,1-2H3,(H,20,22)/t18-/m1/s1. The third-order valence-electron chi connectivity index (χ3n) is 3.50. The second kappa shape index (κ2) is 8.53. The highest BCUT2D eigenvalue weighted by molar-refractivity contribution is 8.00. The van der Waals surface area contributed by atoms with Crippen LogP contribution in [0.4, 0.5) is 0 Å². The number of amides is 1. The number of nitrogens with one attached hydrogen (secondary N) is 1. The summed E-state index contributed by atoms with van der Waals surface area (Å²) in [6, 6.07) is 17.3. The number of hydrogen-bond acceptors (Lipinski definition) is 3. The second-order valence-electron chi connectivity index (χ2n) is 5.52. The van der Waals surface area contributed by atoms with E-state index in [1.165, 1.54) is 24.2 Å². The minimum absolute atomic E-state index is 0.0254. The van der Waals surface area contributed by atoms with E-state index in [4.69, 9.17) is 0 Å². The molecule has 0 aliphatic carbocycles. The van der Waals surface area contributed by atoms with Crippen LogP contribution in [0.15, 0.2) is 59.5 Å². The van der Waals surface area contributed by atoms with Gasteiger partial charge >= 0.3 is 0 Å². The van der Waals surface area contributed by atoms with Crippen molar-refractivity contribution in [1.82, 2.24) is 5.32 Å². The Hall–Kier alpha value is -2.07. The number of aryl methyl sites for hydroxylation is 1. The second-order valence-corrected chi connectivity index (χ2v) is 6.57. The summed E-state index contributed by atoms with van der Waals surface area (Å²) in [5.41, 5.74) is 2.23. The molecule has 120 valence electrons. The molecule has 0 radical (unpaired) electrons. The molecule has 0 saturated heterocycles. The van der Waals surface area contributed by atoms with Crippen molar-refractivity contribution in [3.8, 4) is 0 Å². The predicted octanol–water partition coefficient (Wildman–Crippen LogP) is 3.40. The summed E-state index contributed by atoms with van der Waals surface area (Å²) in [6.45, 7) is 3.54. The Morgan fingerprint density at radius 2 is 1.70 bits per heavy atom. The molecule has 0 spiro atoms. The Morgan fingerprint density at radius 3 is 2.30 bits per heavy atom. The van der Waals surface area contributed by atoms with Crippen LogP contribution in [0.5, 0.6) is 0 Å². The Kier molecular flexibility index (Phi) is 6.41. The molecule has 1 atom stereocenters. The first-order chi connectivity index (χ1) is 11.0. The normalized spacial score (nSPS) is 11.7. The first-order valence-corrected chi connectivity index (χ1v) is 8.56. The van der Waals surface area contributed by atoms with E-state index in [0.717, 1.165) is 10.5 Å². The van der Waals surface area contributed by atoms with Crippen LogP contribution in [0.3, 0.4) is 0 Å². The summed E-state index contributed by atoms with van der Waals surface area (Å²) >= 11 is 1.47. The lowest BCUT2D eigenvalue weighted by Gasteiger charge is -2.16. The van der Waals surface area contributed by atoms with Crippen molar-refractivity contribution in [3.05, 3.63) is 65.7 Å². The van der Waals surface area contributed by atoms with Crippen LogP contribution in [0.1, 0.15) is 18.1 Å². The Bertz CT molecular complexity index is 653. The molecule has 2 aromatic carbocycles. The van der Waals surface area contributed by atoms with Crippen LogP contribution in [0.25, 0.3) is 0 Å². The van der Waals surface area contributed by atoms with Gasteiger partial charge in [0, 0.05) is 4.90 Å². The van der Waals surface area contributed by atoms with E-state index >= 15 is 0 Å². The lowest BCUT2D eigenvalue weighted by atomic mass is 10.0. The lowest BCUT2D eigenvalue weighted by Crippen LogP contribution is -2.42. The number of hydrogen-bond donors (Lipinski definition) is 1. The minimum atomic E-state index is -0.469. The fourth-order valence-corrected chi connectivity index (χ4v) is 2.88. The van der Waals surface area contributed by atoms with Crippen molar-refractivity contribution >= 4 is 23.5 Å². The van der Waals surface area contributed by atoms with Gasteiger partial charge in [0.1, 0.15) is 0 Å². The largest absolute Gasteiger partial charge is 0.345 e. The average Bonchev–Trinajstić information content (AvgIpc) is 2.54. The van der Waals surface area contributed by atoms with E-state index < -0.39 is 6.04 Å². The van der Waals surface area contributed by atoms with Crippen molar-refractivity contribution in [1.29, 1.82) is 0 Å². The molecular weight excluding hydrogens is 306 g/mol. The number of thioether (sulfide) groups is 1. The van der Waals surface area contributed by atoms with Gasteiger partial charge in [0.15, 0.2) is 5.78 Å². The summed E-state index contributed by atoms with van der Waals surface area (Å²) in [7, 11) is 0. The maximum Gasteiger partial charge on any atom is 0.230 e. The molecule has 0 aliphatic rings. The summed E-state index contributed by atoms with van der Waals surface area (Å²) in [5.74, 6) is 0.163. The number of carbonyl (C=O) groups excluding carboxylic acids is 2. The van der Waals surface area contributed by atoms with Crippen molar-refractivity contribution in [2.45, 2.75) is 31.2 Å². The van der Waals surface area contributed by atoms with Gasteiger partial charge in [0.2, 0.25) is 5.91 Å². The Balaban J connectivity index is 1.88. The maximum absolute atomic E-state index is 12.1. The molecule has 0 fully saturated rings. The van der Waals surface area contributed by atoms with Crippen LogP contribution in [-0.2, 0) is 16.0 Å². The van der Waals surface area contributed by atoms with Crippen molar-refractivity contribution in [2.75, 3.05) is 5.75 Å². The fourth-order valence-electron chi connectivity index (χ4n) is 2.17. The molecule has 1 amide bonds. The van der Waals surface area contributed by atoms with Crippen LogP contribution in [0.2, 0.25) is 0 Å². The zero-order valence-electron chi connectivity index (χ0n) is 13.4. The Labute approximate surface area is 141 Å². The molecule has 2 rings (SSSR count). The van der Waals surface area contributed by atoms with E-state index in [0.29, 0.717) is 12.2 Å². The van der Waals surface area contributed by atoms with Gasteiger partial charge in [-0.3, -0.25) is 9.59 Å². The third-order valence-corrected chi connectivity index (χ3v) is 4.51. The third kappa shape index (κ3) is 5.91. The fraction of sp³-hybridized carbons (Fsp3) is 0.263. The molecule has 23 heavy (non-hydrogen) atoms. The zero-order valence-corrected chi connectivity index (χ0v) is 14.2. The van der Waals surface area contributed by atoms with Gasteiger partial charge in [-0.25, -0.2) is 0 Å². The van der Waals surface area contributed by atoms with Crippen LogP contribution in [0, 0.1) is 6.92 Å². The lowest BCUT2D eigenvalue weighted by molar-refractivity contribution is -0.125. The molecule has 2 aromatic rings. The van der Waals surface area contributed by atoms with Crippen LogP contribution >= 0.6 is 11.8 Å². The average molecular weight is 327 g/mol. The number of carbonyl (C=O) groups is 2. The molecular formula is C19H21NO2S. The van der Waals surface area contributed by atoms with Crippen molar-refractivity contribution in [3.63, 3.8) is 0 Å². The summed E-state index contributed by atoms with van der Waals surface area (Å²) in [4.78, 5) is 24.9. The number of ketones is 1. The molecule has 0 heterocycles. The van der Waals surface area contributed by atoms with Gasteiger partial charge in [0.25, 0.3) is 0 Å². The first kappa shape index (κ1) is 17.3. The smallest absolute Gasteiger partial charge is 0.230 e. The zero-order chi connectivity index (χ0) is 16.7. The number of rotatable bonds is 7. The molecule has 0 aliphatic heterocycles. The molecule has 3 nitrogen and oxygen atoms in total. The van der Waals surface area contributed by atoms with Gasteiger partial charge < -0.3 is 5.32 Å². The van der Waals surface area contributed by atoms with Gasteiger partial charge in [0.05, 0.1) is 11.8 Å². The van der Waals surface area contributed by atoms with E-state index in [1.807, 2.05) is 61.5 Å². The topological polar surface area (TPSA) is 46.2 Å². The highest BCUT2D eigenvalue weighted by atomic mass is 32.2.